The summed E-state index contributed by atoms with van der Waals surface area (Å²) in [6.45, 7) is 5.35. The van der Waals surface area contributed by atoms with E-state index in [2.05, 4.69) is 17.2 Å². The van der Waals surface area contributed by atoms with E-state index in [9.17, 15) is 0 Å². The van der Waals surface area contributed by atoms with Gasteiger partial charge in [0.25, 0.3) is 0 Å². The van der Waals surface area contributed by atoms with Crippen LogP contribution in [0.5, 0.6) is 0 Å². The van der Waals surface area contributed by atoms with E-state index in [1.807, 2.05) is 11.6 Å². The summed E-state index contributed by atoms with van der Waals surface area (Å²) in [5.41, 5.74) is 0. The van der Waals surface area contributed by atoms with Crippen LogP contribution in [0.15, 0.2) is 11.6 Å². The largest absolute Gasteiger partial charge is 0.382 e. The van der Waals surface area contributed by atoms with Gasteiger partial charge in [-0.15, -0.1) is 11.3 Å². The molecule has 1 rings (SSSR count). The highest BCUT2D eigenvalue weighted by atomic mass is 32.1. The molecular weight excluding hydrogens is 248 g/mol. The van der Waals surface area contributed by atoms with Crippen molar-refractivity contribution in [3.05, 3.63) is 16.6 Å². The van der Waals surface area contributed by atoms with Crippen molar-refractivity contribution in [1.29, 1.82) is 0 Å². The quantitative estimate of drug-likeness (QED) is 0.627. The predicted molar refractivity (Wildman–Crippen MR) is 75.2 cm³/mol. The van der Waals surface area contributed by atoms with E-state index in [1.165, 1.54) is 5.01 Å². The zero-order valence-corrected chi connectivity index (χ0v) is 12.2. The lowest BCUT2D eigenvalue weighted by Crippen LogP contribution is -2.33. The maximum absolute atomic E-state index is 5.52. The summed E-state index contributed by atoms with van der Waals surface area (Å²) in [5, 5.41) is 6.78. The first kappa shape index (κ1) is 15.6. The van der Waals surface area contributed by atoms with Crippen LogP contribution in [0.3, 0.4) is 0 Å². The van der Waals surface area contributed by atoms with E-state index in [4.69, 9.17) is 9.47 Å². The highest BCUT2D eigenvalue weighted by Crippen LogP contribution is 2.09. The lowest BCUT2D eigenvalue weighted by Gasteiger charge is -2.17. The third-order valence-corrected chi connectivity index (χ3v) is 3.43. The Morgan fingerprint density at radius 3 is 2.94 bits per heavy atom. The molecule has 1 aromatic rings. The molecule has 4 nitrogen and oxygen atoms in total. The molecule has 0 spiro atoms. The molecule has 104 valence electrons. The SMILES string of the molecule is CCCNC(CCOCCOC)Cc1nccs1. The summed E-state index contributed by atoms with van der Waals surface area (Å²) in [6.07, 6.45) is 5.03. The molecule has 0 amide bonds. The third-order valence-electron chi connectivity index (χ3n) is 2.63. The number of hydrogen-bond acceptors (Lipinski definition) is 5. The molecule has 18 heavy (non-hydrogen) atoms. The Balaban J connectivity index is 2.22. The van der Waals surface area contributed by atoms with Gasteiger partial charge in [0.05, 0.1) is 18.2 Å². The van der Waals surface area contributed by atoms with Crippen molar-refractivity contribution in [2.24, 2.45) is 0 Å². The fourth-order valence-corrected chi connectivity index (χ4v) is 2.36. The number of rotatable bonds is 11. The van der Waals surface area contributed by atoms with Gasteiger partial charge in [0.15, 0.2) is 0 Å². The van der Waals surface area contributed by atoms with Crippen molar-refractivity contribution in [3.63, 3.8) is 0 Å². The molecule has 0 fully saturated rings. The number of nitrogens with zero attached hydrogens (tertiary/aromatic N) is 1. The first-order valence-electron chi connectivity index (χ1n) is 6.55. The summed E-state index contributed by atoms with van der Waals surface area (Å²) in [4.78, 5) is 4.34. The van der Waals surface area contributed by atoms with Gasteiger partial charge in [-0.05, 0) is 19.4 Å². The van der Waals surface area contributed by atoms with Gasteiger partial charge in [0.1, 0.15) is 0 Å². The maximum Gasteiger partial charge on any atom is 0.0940 e. The minimum Gasteiger partial charge on any atom is -0.382 e. The van der Waals surface area contributed by atoms with E-state index in [0.717, 1.165) is 32.4 Å². The first-order chi connectivity index (χ1) is 8.86. The molecule has 1 heterocycles. The third kappa shape index (κ3) is 7.06. The number of aromatic nitrogens is 1. The number of ether oxygens (including phenoxy) is 2. The van der Waals surface area contributed by atoms with Crippen molar-refractivity contribution in [1.82, 2.24) is 10.3 Å². The molecule has 1 aromatic heterocycles. The van der Waals surface area contributed by atoms with Crippen LogP contribution in [-0.2, 0) is 15.9 Å². The summed E-state index contributed by atoms with van der Waals surface area (Å²) in [5.74, 6) is 0. The van der Waals surface area contributed by atoms with Gasteiger partial charge in [-0.3, -0.25) is 0 Å². The molecular formula is C13H24N2O2S. The van der Waals surface area contributed by atoms with Gasteiger partial charge in [-0.1, -0.05) is 6.92 Å². The van der Waals surface area contributed by atoms with Gasteiger partial charge in [0.2, 0.25) is 0 Å². The lowest BCUT2D eigenvalue weighted by atomic mass is 10.1. The van der Waals surface area contributed by atoms with Gasteiger partial charge < -0.3 is 14.8 Å². The summed E-state index contributed by atoms with van der Waals surface area (Å²) in [7, 11) is 1.69. The molecule has 0 radical (unpaired) electrons. The van der Waals surface area contributed by atoms with E-state index in [0.29, 0.717) is 19.3 Å². The molecule has 0 saturated carbocycles. The van der Waals surface area contributed by atoms with Gasteiger partial charge in [-0.25, -0.2) is 4.98 Å². The Hall–Kier alpha value is -0.490. The fraction of sp³-hybridized carbons (Fsp3) is 0.769. The topological polar surface area (TPSA) is 43.4 Å². The standard InChI is InChI=1S/C13H24N2O2S/c1-3-5-14-12(4-7-17-9-8-16-2)11-13-15-6-10-18-13/h6,10,12,14H,3-5,7-9,11H2,1-2H3. The molecule has 0 aliphatic heterocycles. The van der Waals surface area contributed by atoms with Crippen LogP contribution in [0.2, 0.25) is 0 Å². The Kier molecular flexibility index (Phi) is 9.02. The van der Waals surface area contributed by atoms with E-state index < -0.39 is 0 Å². The van der Waals surface area contributed by atoms with Crippen LogP contribution in [0.25, 0.3) is 0 Å². The molecule has 1 N–H and O–H groups in total. The fourth-order valence-electron chi connectivity index (χ4n) is 1.66. The highest BCUT2D eigenvalue weighted by molar-refractivity contribution is 7.09. The van der Waals surface area contributed by atoms with Crippen LogP contribution in [0.4, 0.5) is 0 Å². The van der Waals surface area contributed by atoms with Crippen molar-refractivity contribution >= 4 is 11.3 Å². The van der Waals surface area contributed by atoms with E-state index >= 15 is 0 Å². The molecule has 0 aliphatic rings. The normalized spacial score (nSPS) is 12.8. The molecule has 0 aromatic carbocycles. The van der Waals surface area contributed by atoms with Gasteiger partial charge in [-0.2, -0.15) is 0 Å². The highest BCUT2D eigenvalue weighted by Gasteiger charge is 2.10. The molecule has 1 atom stereocenters. The number of nitrogens with one attached hydrogen (secondary N) is 1. The minimum atomic E-state index is 0.457. The molecule has 5 heteroatoms. The second kappa shape index (κ2) is 10.4. The second-order valence-corrected chi connectivity index (χ2v) is 5.15. The van der Waals surface area contributed by atoms with Crippen molar-refractivity contribution in [2.45, 2.75) is 32.2 Å². The van der Waals surface area contributed by atoms with Gasteiger partial charge in [0, 0.05) is 37.8 Å². The molecule has 0 bridgehead atoms. The Morgan fingerprint density at radius 2 is 2.28 bits per heavy atom. The second-order valence-electron chi connectivity index (χ2n) is 4.17. The van der Waals surface area contributed by atoms with Crippen molar-refractivity contribution < 1.29 is 9.47 Å². The smallest absolute Gasteiger partial charge is 0.0940 e. The van der Waals surface area contributed by atoms with E-state index in [-0.39, 0.29) is 0 Å². The number of hydrogen-bond donors (Lipinski definition) is 1. The van der Waals surface area contributed by atoms with Crippen LogP contribution < -0.4 is 5.32 Å². The average molecular weight is 272 g/mol. The Labute approximate surface area is 114 Å². The average Bonchev–Trinajstić information content (AvgIpc) is 2.88. The van der Waals surface area contributed by atoms with Gasteiger partial charge >= 0.3 is 0 Å². The zero-order chi connectivity index (χ0) is 13.1. The molecule has 0 saturated heterocycles. The Bertz CT molecular complexity index is 281. The lowest BCUT2D eigenvalue weighted by molar-refractivity contribution is 0.0658. The summed E-state index contributed by atoms with van der Waals surface area (Å²) >= 11 is 1.72. The van der Waals surface area contributed by atoms with E-state index in [1.54, 1.807) is 18.4 Å². The Morgan fingerprint density at radius 1 is 1.39 bits per heavy atom. The number of methoxy groups -OCH3 is 1. The first-order valence-corrected chi connectivity index (χ1v) is 7.43. The summed E-state index contributed by atoms with van der Waals surface area (Å²) in [6, 6.07) is 0.457. The summed E-state index contributed by atoms with van der Waals surface area (Å²) < 4.78 is 10.5. The van der Waals surface area contributed by atoms with Crippen LogP contribution in [0, 0.1) is 0 Å². The monoisotopic (exact) mass is 272 g/mol. The zero-order valence-electron chi connectivity index (χ0n) is 11.4. The molecule has 0 aliphatic carbocycles. The molecule has 1 unspecified atom stereocenters. The maximum atomic E-state index is 5.52. The minimum absolute atomic E-state index is 0.457. The number of thiazole rings is 1. The van der Waals surface area contributed by atoms with Crippen molar-refractivity contribution in [3.8, 4) is 0 Å². The van der Waals surface area contributed by atoms with Crippen LogP contribution in [-0.4, -0.2) is 44.5 Å². The van der Waals surface area contributed by atoms with Crippen LogP contribution >= 0.6 is 11.3 Å². The predicted octanol–water partition coefficient (Wildman–Crippen LogP) is 2.11. The van der Waals surface area contributed by atoms with Crippen LogP contribution in [0.1, 0.15) is 24.8 Å². The van der Waals surface area contributed by atoms with Crippen molar-refractivity contribution in [2.75, 3.05) is 33.5 Å².